The van der Waals surface area contributed by atoms with Crippen LogP contribution in [0.2, 0.25) is 0 Å². The summed E-state index contributed by atoms with van der Waals surface area (Å²) >= 11 is 0. The van der Waals surface area contributed by atoms with Gasteiger partial charge in [-0.05, 0) is 24.6 Å². The van der Waals surface area contributed by atoms with Crippen molar-refractivity contribution in [3.8, 4) is 6.07 Å². The molecule has 1 saturated heterocycles. The molecule has 1 atom stereocenters. The van der Waals surface area contributed by atoms with Gasteiger partial charge >= 0.3 is 0 Å². The summed E-state index contributed by atoms with van der Waals surface area (Å²) in [5.41, 5.74) is 1.20. The zero-order chi connectivity index (χ0) is 17.9. The molecule has 0 saturated carbocycles. The number of sulfone groups is 1. The largest absolute Gasteiger partial charge is 0.350 e. The highest BCUT2D eigenvalue weighted by Crippen LogP contribution is 2.15. The molecule has 3 rings (SSSR count). The number of carbonyl (C=O) groups is 1. The van der Waals surface area contributed by atoms with Gasteiger partial charge in [0.25, 0.3) is 5.91 Å². The number of aromatic nitrogens is 2. The van der Waals surface area contributed by atoms with Crippen LogP contribution in [0.25, 0.3) is 0 Å². The first kappa shape index (κ1) is 16.9. The zero-order valence-corrected chi connectivity index (χ0v) is 14.0. The van der Waals surface area contributed by atoms with Crippen molar-refractivity contribution < 1.29 is 13.2 Å². The first-order valence-corrected chi connectivity index (χ1v) is 9.38. The topological polar surface area (TPSA) is 125 Å². The highest BCUT2D eigenvalue weighted by atomic mass is 32.2. The van der Waals surface area contributed by atoms with E-state index < -0.39 is 15.7 Å². The Labute approximate surface area is 144 Å². The summed E-state index contributed by atoms with van der Waals surface area (Å²) in [5, 5.41) is 14.5. The minimum atomic E-state index is -2.98. The number of hydrogen-bond donors (Lipinski definition) is 2. The van der Waals surface area contributed by atoms with Gasteiger partial charge in [-0.15, -0.1) is 0 Å². The van der Waals surface area contributed by atoms with Gasteiger partial charge in [-0.3, -0.25) is 4.79 Å². The molecular formula is C16H15N5O3S. The molecule has 0 radical (unpaired) electrons. The van der Waals surface area contributed by atoms with Gasteiger partial charge in [0, 0.05) is 24.1 Å². The Morgan fingerprint density at radius 1 is 1.28 bits per heavy atom. The molecule has 1 unspecified atom stereocenters. The fraction of sp³-hybridized carbons (Fsp3) is 0.250. The molecule has 1 fully saturated rings. The van der Waals surface area contributed by atoms with Crippen LogP contribution in [-0.4, -0.2) is 41.8 Å². The van der Waals surface area contributed by atoms with E-state index in [1.165, 1.54) is 12.4 Å². The van der Waals surface area contributed by atoms with E-state index in [1.807, 2.05) is 6.07 Å². The standard InChI is InChI=1S/C16H15N5O3S/c17-7-11-2-1-3-13(6-11)20-15(22)12-8-18-16(19-9-12)21-14-4-5-25(23,24)10-14/h1-3,6,8-9,14H,4-5,10H2,(H,20,22)(H,18,19,21). The second kappa shape index (κ2) is 6.86. The molecule has 2 aromatic rings. The molecule has 128 valence electrons. The van der Waals surface area contributed by atoms with Crippen molar-refractivity contribution in [3.63, 3.8) is 0 Å². The van der Waals surface area contributed by atoms with E-state index in [2.05, 4.69) is 20.6 Å². The van der Waals surface area contributed by atoms with Crippen molar-refractivity contribution in [3.05, 3.63) is 47.8 Å². The first-order valence-electron chi connectivity index (χ1n) is 7.56. The summed E-state index contributed by atoms with van der Waals surface area (Å²) in [6, 6.07) is 8.35. The number of anilines is 2. The molecule has 8 nitrogen and oxygen atoms in total. The predicted molar refractivity (Wildman–Crippen MR) is 91.8 cm³/mol. The number of carbonyl (C=O) groups excluding carboxylic acids is 1. The van der Waals surface area contributed by atoms with Gasteiger partial charge < -0.3 is 10.6 Å². The maximum atomic E-state index is 12.2. The monoisotopic (exact) mass is 357 g/mol. The second-order valence-corrected chi connectivity index (χ2v) is 7.92. The Balaban J connectivity index is 1.63. The molecule has 0 aliphatic carbocycles. The van der Waals surface area contributed by atoms with Crippen molar-refractivity contribution in [2.75, 3.05) is 22.1 Å². The normalized spacial score (nSPS) is 18.3. The van der Waals surface area contributed by atoms with Crippen LogP contribution in [0, 0.1) is 11.3 Å². The summed E-state index contributed by atoms with van der Waals surface area (Å²) in [5.74, 6) is 0.107. The number of benzene rings is 1. The summed E-state index contributed by atoms with van der Waals surface area (Å²) in [4.78, 5) is 20.3. The number of rotatable bonds is 4. The third-order valence-corrected chi connectivity index (χ3v) is 5.50. The second-order valence-electron chi connectivity index (χ2n) is 5.69. The van der Waals surface area contributed by atoms with Crippen molar-refractivity contribution >= 4 is 27.4 Å². The molecule has 2 N–H and O–H groups in total. The molecule has 1 aliphatic heterocycles. The number of hydrogen-bond acceptors (Lipinski definition) is 7. The minimum Gasteiger partial charge on any atom is -0.350 e. The van der Waals surface area contributed by atoms with Gasteiger partial charge in [0.15, 0.2) is 9.84 Å². The number of nitrogens with one attached hydrogen (secondary N) is 2. The van der Waals surface area contributed by atoms with E-state index >= 15 is 0 Å². The molecule has 25 heavy (non-hydrogen) atoms. The van der Waals surface area contributed by atoms with Crippen LogP contribution in [0.5, 0.6) is 0 Å². The lowest BCUT2D eigenvalue weighted by molar-refractivity contribution is 0.102. The predicted octanol–water partition coefficient (Wildman–Crippen LogP) is 1.20. The fourth-order valence-corrected chi connectivity index (χ4v) is 4.15. The van der Waals surface area contributed by atoms with Crippen molar-refractivity contribution in [1.82, 2.24) is 9.97 Å². The van der Waals surface area contributed by atoms with Gasteiger partial charge in [-0.25, -0.2) is 18.4 Å². The van der Waals surface area contributed by atoms with Crippen LogP contribution in [0.15, 0.2) is 36.7 Å². The number of nitriles is 1. The van der Waals surface area contributed by atoms with Crippen LogP contribution < -0.4 is 10.6 Å². The van der Waals surface area contributed by atoms with Crippen molar-refractivity contribution in [1.29, 1.82) is 5.26 Å². The Hall–Kier alpha value is -2.99. The third kappa shape index (κ3) is 4.30. The molecule has 1 aromatic heterocycles. The fourth-order valence-electron chi connectivity index (χ4n) is 2.48. The lowest BCUT2D eigenvalue weighted by atomic mass is 10.2. The molecule has 0 spiro atoms. The summed E-state index contributed by atoms with van der Waals surface area (Å²) in [6.07, 6.45) is 3.24. The molecular weight excluding hydrogens is 342 g/mol. The van der Waals surface area contributed by atoms with Gasteiger partial charge in [0.05, 0.1) is 28.7 Å². The molecule has 1 aliphatic rings. The van der Waals surface area contributed by atoms with E-state index in [1.54, 1.807) is 24.3 Å². The Morgan fingerprint density at radius 2 is 2.04 bits per heavy atom. The van der Waals surface area contributed by atoms with E-state index in [0.717, 1.165) is 0 Å². The Morgan fingerprint density at radius 3 is 2.68 bits per heavy atom. The Kier molecular flexibility index (Phi) is 4.63. The smallest absolute Gasteiger partial charge is 0.258 e. The van der Waals surface area contributed by atoms with E-state index in [0.29, 0.717) is 17.7 Å². The zero-order valence-electron chi connectivity index (χ0n) is 13.1. The van der Waals surface area contributed by atoms with Crippen LogP contribution >= 0.6 is 0 Å². The summed E-state index contributed by atoms with van der Waals surface area (Å²) < 4.78 is 22.9. The van der Waals surface area contributed by atoms with Crippen LogP contribution in [0.4, 0.5) is 11.6 Å². The quantitative estimate of drug-likeness (QED) is 0.842. The minimum absolute atomic E-state index is 0.0633. The summed E-state index contributed by atoms with van der Waals surface area (Å²) in [7, 11) is -2.98. The molecule has 1 amide bonds. The lowest BCUT2D eigenvalue weighted by Crippen LogP contribution is -2.22. The van der Waals surface area contributed by atoms with Crippen molar-refractivity contribution in [2.24, 2.45) is 0 Å². The van der Waals surface area contributed by atoms with E-state index in [4.69, 9.17) is 5.26 Å². The van der Waals surface area contributed by atoms with Crippen molar-refractivity contribution in [2.45, 2.75) is 12.5 Å². The molecule has 9 heteroatoms. The molecule has 2 heterocycles. The van der Waals surface area contributed by atoms with Crippen LogP contribution in [0.3, 0.4) is 0 Å². The van der Waals surface area contributed by atoms with Gasteiger partial charge in [-0.2, -0.15) is 5.26 Å². The highest BCUT2D eigenvalue weighted by molar-refractivity contribution is 7.91. The van der Waals surface area contributed by atoms with Gasteiger partial charge in [0.1, 0.15) is 0 Å². The number of amides is 1. The first-order chi connectivity index (χ1) is 11.9. The van der Waals surface area contributed by atoms with Crippen LogP contribution in [-0.2, 0) is 9.84 Å². The van der Waals surface area contributed by atoms with Crippen LogP contribution in [0.1, 0.15) is 22.3 Å². The Bertz CT molecular complexity index is 935. The van der Waals surface area contributed by atoms with E-state index in [9.17, 15) is 13.2 Å². The highest BCUT2D eigenvalue weighted by Gasteiger charge is 2.28. The lowest BCUT2D eigenvalue weighted by Gasteiger charge is -2.10. The molecule has 1 aromatic carbocycles. The molecule has 0 bridgehead atoms. The third-order valence-electron chi connectivity index (χ3n) is 3.73. The maximum Gasteiger partial charge on any atom is 0.258 e. The van der Waals surface area contributed by atoms with E-state index in [-0.39, 0.29) is 29.1 Å². The van der Waals surface area contributed by atoms with Gasteiger partial charge in [0.2, 0.25) is 5.95 Å². The van der Waals surface area contributed by atoms with Gasteiger partial charge in [-0.1, -0.05) is 6.07 Å². The SMILES string of the molecule is N#Cc1cccc(NC(=O)c2cnc(NC3CCS(=O)(=O)C3)nc2)c1. The summed E-state index contributed by atoms with van der Waals surface area (Å²) in [6.45, 7) is 0. The average molecular weight is 357 g/mol. The maximum absolute atomic E-state index is 12.2. The average Bonchev–Trinajstić information content (AvgIpc) is 2.94. The number of nitrogens with zero attached hydrogens (tertiary/aromatic N) is 3.